The van der Waals surface area contributed by atoms with E-state index in [9.17, 15) is 17.8 Å². The minimum atomic E-state index is -4.61. The second-order valence-corrected chi connectivity index (χ2v) is 3.92. The van der Waals surface area contributed by atoms with E-state index in [2.05, 4.69) is 0 Å². The number of allylic oxidation sites excluding steroid dienone is 2. The van der Waals surface area contributed by atoms with Crippen molar-refractivity contribution >= 4 is 16.1 Å². The zero-order valence-electron chi connectivity index (χ0n) is 7.18. The molecule has 14 heavy (non-hydrogen) atoms. The topological polar surface area (TPSA) is 86.8 Å². The molecule has 7 heteroatoms. The van der Waals surface area contributed by atoms with Gasteiger partial charge in [-0.25, -0.2) is 13.2 Å². The van der Waals surface area contributed by atoms with Crippen LogP contribution >= 0.6 is 0 Å². The second-order valence-electron chi connectivity index (χ2n) is 2.57. The van der Waals surface area contributed by atoms with E-state index in [0.29, 0.717) is 5.76 Å². The smallest absolute Gasteiger partial charge is 0.744 e. The van der Waals surface area contributed by atoms with Crippen LogP contribution in [-0.4, -0.2) is 25.0 Å². The number of carbonyl (C=O) groups excluding carboxylic acids is 1. The van der Waals surface area contributed by atoms with Gasteiger partial charge in [-0.15, -0.1) is 0 Å². The van der Waals surface area contributed by atoms with Crippen LogP contribution < -0.4 is 51.4 Å². The first-order valence-corrected chi connectivity index (χ1v) is 4.74. The molecule has 0 amide bonds. The van der Waals surface area contributed by atoms with Crippen molar-refractivity contribution in [1.82, 2.24) is 0 Å². The standard InChI is InChI=1S/C7H4O5S.K/c8-3-4-6(13(9,10)11)2-1-5-7(4)12-5;/h1-2,7H,(H,9,10,11);/q;+1/p-1. The summed E-state index contributed by atoms with van der Waals surface area (Å²) in [4.78, 5) is 9.79. The van der Waals surface area contributed by atoms with E-state index < -0.39 is 21.1 Å². The van der Waals surface area contributed by atoms with Crippen molar-refractivity contribution in [3.63, 3.8) is 0 Å². The van der Waals surface area contributed by atoms with Crippen molar-refractivity contribution in [1.29, 1.82) is 0 Å². The third-order valence-electron chi connectivity index (χ3n) is 1.76. The Balaban J connectivity index is 0.000000980. The molecule has 0 aromatic heterocycles. The third-order valence-corrected chi connectivity index (χ3v) is 2.66. The number of epoxide rings is 1. The Bertz CT molecular complexity index is 480. The van der Waals surface area contributed by atoms with Gasteiger partial charge in [-0.05, 0) is 12.2 Å². The molecule has 2 aliphatic rings. The Kier molecular flexibility index (Phi) is 3.56. The SMILES string of the molecule is O=C=C1C(S(=O)(=O)[O-])=CC=C2OC12.[K+]. The zero-order chi connectivity index (χ0) is 9.64. The number of rotatable bonds is 1. The summed E-state index contributed by atoms with van der Waals surface area (Å²) in [6.07, 6.45) is 1.75. The first-order valence-electron chi connectivity index (χ1n) is 3.34. The van der Waals surface area contributed by atoms with Crippen molar-refractivity contribution < 1.29 is 73.9 Å². The summed E-state index contributed by atoms with van der Waals surface area (Å²) >= 11 is 0. The van der Waals surface area contributed by atoms with Gasteiger partial charge in [-0.3, -0.25) is 0 Å². The Morgan fingerprint density at radius 3 is 2.57 bits per heavy atom. The molecule has 0 aromatic rings. The van der Waals surface area contributed by atoms with Gasteiger partial charge in [-0.2, -0.15) is 0 Å². The van der Waals surface area contributed by atoms with Gasteiger partial charge < -0.3 is 9.29 Å². The maximum Gasteiger partial charge on any atom is 1.00 e. The van der Waals surface area contributed by atoms with Crippen molar-refractivity contribution in [2.45, 2.75) is 6.10 Å². The van der Waals surface area contributed by atoms with Crippen molar-refractivity contribution in [2.75, 3.05) is 0 Å². The number of hydrogen-bond donors (Lipinski definition) is 0. The summed E-state index contributed by atoms with van der Waals surface area (Å²) in [5.74, 6) is 1.90. The van der Waals surface area contributed by atoms with Crippen LogP contribution in [0.25, 0.3) is 0 Å². The quantitative estimate of drug-likeness (QED) is 0.204. The Morgan fingerprint density at radius 1 is 1.43 bits per heavy atom. The molecule has 1 aliphatic carbocycles. The number of fused-ring (bicyclic) bond motifs is 1. The van der Waals surface area contributed by atoms with Crippen LogP contribution in [0.4, 0.5) is 0 Å². The fourth-order valence-corrected chi connectivity index (χ4v) is 1.78. The Hall–Kier alpha value is 0.276. The van der Waals surface area contributed by atoms with Gasteiger partial charge in [0.1, 0.15) is 27.4 Å². The summed E-state index contributed by atoms with van der Waals surface area (Å²) in [5.41, 5.74) is -0.229. The largest absolute Gasteiger partial charge is 1.00 e. The van der Waals surface area contributed by atoms with Crippen molar-refractivity contribution in [3.8, 4) is 0 Å². The molecular weight excluding hydrogens is 235 g/mol. The van der Waals surface area contributed by atoms with E-state index in [-0.39, 0.29) is 57.0 Å². The molecule has 0 saturated carbocycles. The average molecular weight is 238 g/mol. The first kappa shape index (κ1) is 12.3. The van der Waals surface area contributed by atoms with Crippen LogP contribution in [0.5, 0.6) is 0 Å². The molecule has 1 unspecified atom stereocenters. The predicted octanol–water partition coefficient (Wildman–Crippen LogP) is -3.53. The minimum absolute atomic E-state index is 0. The molecule has 0 radical (unpaired) electrons. The molecule has 1 heterocycles. The molecule has 1 aliphatic heterocycles. The molecule has 1 atom stereocenters. The van der Waals surface area contributed by atoms with Gasteiger partial charge in [0.2, 0.25) is 0 Å². The van der Waals surface area contributed by atoms with Gasteiger partial charge in [0, 0.05) is 0 Å². The van der Waals surface area contributed by atoms with Crippen LogP contribution in [0.15, 0.2) is 28.4 Å². The van der Waals surface area contributed by atoms with Gasteiger partial charge in [0.25, 0.3) is 0 Å². The molecule has 1 saturated heterocycles. The monoisotopic (exact) mass is 238 g/mol. The molecule has 0 aromatic carbocycles. The number of hydrogen-bond acceptors (Lipinski definition) is 5. The molecule has 0 N–H and O–H groups in total. The summed E-state index contributed by atoms with van der Waals surface area (Å²) in [6, 6.07) is 0. The Morgan fingerprint density at radius 2 is 2.07 bits per heavy atom. The fourth-order valence-electron chi connectivity index (χ4n) is 1.13. The molecule has 68 valence electrons. The summed E-state index contributed by atoms with van der Waals surface area (Å²) in [5, 5.41) is 0. The van der Waals surface area contributed by atoms with Crippen molar-refractivity contribution in [3.05, 3.63) is 28.4 Å². The summed E-state index contributed by atoms with van der Waals surface area (Å²) in [6.45, 7) is 0. The number of ether oxygens (including phenoxy) is 1. The minimum Gasteiger partial charge on any atom is -0.744 e. The van der Waals surface area contributed by atoms with Crippen LogP contribution in [0.1, 0.15) is 0 Å². The maximum absolute atomic E-state index is 10.6. The normalized spacial score (nSPS) is 23.2. The molecule has 2 rings (SSSR count). The van der Waals surface area contributed by atoms with E-state index in [1.807, 2.05) is 0 Å². The first-order chi connectivity index (χ1) is 6.04. The molecule has 0 bridgehead atoms. The van der Waals surface area contributed by atoms with Crippen molar-refractivity contribution in [2.24, 2.45) is 0 Å². The van der Waals surface area contributed by atoms with E-state index in [4.69, 9.17) is 4.74 Å². The van der Waals surface area contributed by atoms with E-state index in [1.54, 1.807) is 0 Å². The van der Waals surface area contributed by atoms with E-state index in [1.165, 1.54) is 12.0 Å². The van der Waals surface area contributed by atoms with Crippen LogP contribution in [0, 0.1) is 0 Å². The molecule has 0 spiro atoms. The summed E-state index contributed by atoms with van der Waals surface area (Å²) in [7, 11) is -4.61. The van der Waals surface area contributed by atoms with Gasteiger partial charge in [0.05, 0.1) is 4.91 Å². The van der Waals surface area contributed by atoms with E-state index in [0.717, 1.165) is 6.08 Å². The van der Waals surface area contributed by atoms with Gasteiger partial charge in [-0.1, -0.05) is 0 Å². The maximum atomic E-state index is 10.6. The zero-order valence-corrected chi connectivity index (χ0v) is 11.1. The van der Waals surface area contributed by atoms with Crippen LogP contribution in [0.3, 0.4) is 0 Å². The van der Waals surface area contributed by atoms with Crippen LogP contribution in [-0.2, 0) is 19.6 Å². The van der Waals surface area contributed by atoms with E-state index >= 15 is 0 Å². The van der Waals surface area contributed by atoms with Crippen LogP contribution in [0.2, 0.25) is 0 Å². The van der Waals surface area contributed by atoms with Gasteiger partial charge >= 0.3 is 51.4 Å². The molecule has 5 nitrogen and oxygen atoms in total. The summed E-state index contributed by atoms with van der Waals surface area (Å²) < 4.78 is 36.6. The fraction of sp³-hybridized carbons (Fsp3) is 0.143. The Labute approximate surface area is 123 Å². The predicted molar refractivity (Wildman–Crippen MR) is 39.9 cm³/mol. The molecule has 1 fully saturated rings. The third kappa shape index (κ3) is 2.10. The average Bonchev–Trinajstić information content (AvgIpc) is 2.78. The van der Waals surface area contributed by atoms with Gasteiger partial charge in [0.15, 0.2) is 6.10 Å². The molecular formula is C7H3KO5S. The second kappa shape index (κ2) is 4.03.